The molecule has 3 heterocycles. The van der Waals surface area contributed by atoms with Crippen LogP contribution in [0, 0.1) is 5.92 Å². The van der Waals surface area contributed by atoms with Crippen molar-refractivity contribution in [3.8, 4) is 0 Å². The Hall–Kier alpha value is -1.30. The van der Waals surface area contributed by atoms with Crippen molar-refractivity contribution in [2.75, 3.05) is 0 Å². The number of nitrogens with zero attached hydrogens (tertiary/aromatic N) is 2. The predicted molar refractivity (Wildman–Crippen MR) is 81.1 cm³/mol. The maximum atomic E-state index is 12.9. The van der Waals surface area contributed by atoms with Gasteiger partial charge in [0.2, 0.25) is 0 Å². The third-order valence-electron chi connectivity index (χ3n) is 4.64. The predicted octanol–water partition coefficient (Wildman–Crippen LogP) is 2.74. The molecule has 1 N–H and O–H groups in total. The van der Waals surface area contributed by atoms with E-state index in [-0.39, 0.29) is 18.0 Å². The Bertz CT molecular complexity index is 583. The van der Waals surface area contributed by atoms with Gasteiger partial charge in [0.1, 0.15) is 5.69 Å². The van der Waals surface area contributed by atoms with Crippen LogP contribution in [0.3, 0.4) is 0 Å². The van der Waals surface area contributed by atoms with E-state index in [0.29, 0.717) is 12.1 Å². The number of amides is 1. The lowest BCUT2D eigenvalue weighted by molar-refractivity contribution is -0.142. The minimum atomic E-state index is -0.773. The van der Waals surface area contributed by atoms with Gasteiger partial charge in [0.15, 0.2) is 0 Å². The minimum absolute atomic E-state index is 0.0228. The van der Waals surface area contributed by atoms with Crippen LogP contribution in [0.5, 0.6) is 0 Å². The molecule has 3 rings (SSSR count). The van der Waals surface area contributed by atoms with Gasteiger partial charge in [-0.05, 0) is 47.7 Å². The molecule has 2 aliphatic heterocycles. The van der Waals surface area contributed by atoms with Crippen LogP contribution in [0.25, 0.3) is 0 Å². The van der Waals surface area contributed by atoms with E-state index in [1.807, 2.05) is 21.7 Å². The molecule has 3 atom stereocenters. The van der Waals surface area contributed by atoms with Crippen molar-refractivity contribution < 1.29 is 14.7 Å². The van der Waals surface area contributed by atoms with Gasteiger partial charge in [-0.15, -0.1) is 0 Å². The van der Waals surface area contributed by atoms with Crippen molar-refractivity contribution >= 4 is 27.8 Å². The first-order valence-corrected chi connectivity index (χ1v) is 8.23. The maximum absolute atomic E-state index is 12.9. The van der Waals surface area contributed by atoms with Crippen molar-refractivity contribution in [2.45, 2.75) is 51.2 Å². The van der Waals surface area contributed by atoms with Crippen molar-refractivity contribution in [3.05, 3.63) is 22.4 Å². The van der Waals surface area contributed by atoms with Gasteiger partial charge in [-0.1, -0.05) is 6.92 Å². The Balaban J connectivity index is 1.88. The van der Waals surface area contributed by atoms with Crippen LogP contribution in [-0.2, 0) is 11.3 Å². The first-order chi connectivity index (χ1) is 10.0. The number of carbonyl (C=O) groups excluding carboxylic acids is 1. The van der Waals surface area contributed by atoms with E-state index in [4.69, 9.17) is 0 Å². The third-order valence-corrected chi connectivity index (χ3v) is 5.07. The van der Waals surface area contributed by atoms with E-state index in [2.05, 4.69) is 22.9 Å². The zero-order chi connectivity index (χ0) is 15.1. The molecule has 3 unspecified atom stereocenters. The number of carboxylic acids is 1. The van der Waals surface area contributed by atoms with Crippen LogP contribution in [-0.4, -0.2) is 38.5 Å². The lowest BCUT2D eigenvalue weighted by atomic mass is 9.89. The number of hydrogen-bond acceptors (Lipinski definition) is 2. The molecule has 0 aromatic carbocycles. The number of carbonyl (C=O) groups is 2. The van der Waals surface area contributed by atoms with Gasteiger partial charge in [-0.25, -0.2) is 0 Å². The fourth-order valence-electron chi connectivity index (χ4n) is 3.78. The fourth-order valence-corrected chi connectivity index (χ4v) is 4.25. The number of aromatic nitrogens is 1. The molecule has 2 aliphatic rings. The molecule has 2 fully saturated rings. The molecular weight excluding hydrogens is 336 g/mol. The summed E-state index contributed by atoms with van der Waals surface area (Å²) in [6.45, 7) is 2.86. The monoisotopic (exact) mass is 354 g/mol. The first-order valence-electron chi connectivity index (χ1n) is 7.44. The molecule has 21 heavy (non-hydrogen) atoms. The summed E-state index contributed by atoms with van der Waals surface area (Å²) in [7, 11) is 0. The molecule has 1 aromatic heterocycles. The highest BCUT2D eigenvalue weighted by atomic mass is 79.9. The van der Waals surface area contributed by atoms with Gasteiger partial charge >= 0.3 is 5.97 Å². The van der Waals surface area contributed by atoms with Crippen molar-refractivity contribution in [3.63, 3.8) is 0 Å². The molecule has 5 nitrogen and oxygen atoms in total. The largest absolute Gasteiger partial charge is 0.481 e. The molecule has 1 amide bonds. The normalized spacial score (nSPS) is 27.3. The number of hydrogen-bond donors (Lipinski definition) is 1. The molecule has 114 valence electrons. The first kappa shape index (κ1) is 14.6. The zero-order valence-corrected chi connectivity index (χ0v) is 13.5. The molecule has 0 radical (unpaired) electrons. The second kappa shape index (κ2) is 5.48. The zero-order valence-electron chi connectivity index (χ0n) is 12.0. The Morgan fingerprint density at radius 2 is 2.19 bits per heavy atom. The van der Waals surface area contributed by atoms with Crippen LogP contribution in [0.15, 0.2) is 16.7 Å². The van der Waals surface area contributed by atoms with Crippen LogP contribution < -0.4 is 0 Å². The maximum Gasteiger partial charge on any atom is 0.308 e. The van der Waals surface area contributed by atoms with E-state index < -0.39 is 11.9 Å². The SMILES string of the molecule is CCCn1cc(Br)cc1C(=O)N1C2CCC1C(C(=O)O)C2. The molecule has 1 aromatic rings. The second-order valence-electron chi connectivity index (χ2n) is 5.93. The minimum Gasteiger partial charge on any atom is -0.481 e. The summed E-state index contributed by atoms with van der Waals surface area (Å²) in [5.74, 6) is -1.19. The molecule has 0 saturated carbocycles. The molecule has 2 saturated heterocycles. The summed E-state index contributed by atoms with van der Waals surface area (Å²) in [6, 6.07) is 1.79. The standard InChI is InChI=1S/C15H19BrN2O3/c1-2-5-17-8-9(16)6-13(17)14(19)18-10-3-4-12(18)11(7-10)15(20)21/h6,8,10-12H,2-5,7H2,1H3,(H,20,21). The average Bonchev–Trinajstić information content (AvgIpc) is 3.10. The van der Waals surface area contributed by atoms with Crippen molar-refractivity contribution in [1.82, 2.24) is 9.47 Å². The highest BCUT2D eigenvalue weighted by Crippen LogP contribution is 2.42. The number of aryl methyl sites for hydroxylation is 1. The summed E-state index contributed by atoms with van der Waals surface area (Å²) in [4.78, 5) is 26.0. The quantitative estimate of drug-likeness (QED) is 0.903. The molecular formula is C15H19BrN2O3. The number of aliphatic carboxylic acids is 1. The van der Waals surface area contributed by atoms with Crippen LogP contribution >= 0.6 is 15.9 Å². The number of halogens is 1. The second-order valence-corrected chi connectivity index (χ2v) is 6.84. The smallest absolute Gasteiger partial charge is 0.308 e. The van der Waals surface area contributed by atoms with E-state index in [0.717, 1.165) is 30.3 Å². The highest BCUT2D eigenvalue weighted by molar-refractivity contribution is 9.10. The van der Waals surface area contributed by atoms with E-state index in [1.165, 1.54) is 0 Å². The number of carboxylic acid groups (broad SMARTS) is 1. The number of fused-ring (bicyclic) bond motifs is 2. The van der Waals surface area contributed by atoms with Crippen molar-refractivity contribution in [1.29, 1.82) is 0 Å². The van der Waals surface area contributed by atoms with Gasteiger partial charge in [0.25, 0.3) is 5.91 Å². The van der Waals surface area contributed by atoms with E-state index >= 15 is 0 Å². The van der Waals surface area contributed by atoms with Crippen LogP contribution in [0.2, 0.25) is 0 Å². The molecule has 0 spiro atoms. The Morgan fingerprint density at radius 3 is 2.81 bits per heavy atom. The van der Waals surface area contributed by atoms with Gasteiger partial charge in [-0.3, -0.25) is 9.59 Å². The summed E-state index contributed by atoms with van der Waals surface area (Å²) in [5.41, 5.74) is 0.659. The lowest BCUT2D eigenvalue weighted by Crippen LogP contribution is -2.38. The van der Waals surface area contributed by atoms with E-state index in [1.54, 1.807) is 0 Å². The van der Waals surface area contributed by atoms with Gasteiger partial charge in [0.05, 0.1) is 5.92 Å². The van der Waals surface area contributed by atoms with Gasteiger partial charge in [0, 0.05) is 29.3 Å². The van der Waals surface area contributed by atoms with Gasteiger partial charge < -0.3 is 14.6 Å². The molecule has 2 bridgehead atoms. The van der Waals surface area contributed by atoms with Crippen LogP contribution in [0.1, 0.15) is 43.1 Å². The topological polar surface area (TPSA) is 62.5 Å². The van der Waals surface area contributed by atoms with E-state index in [9.17, 15) is 14.7 Å². The van der Waals surface area contributed by atoms with Crippen molar-refractivity contribution in [2.24, 2.45) is 5.92 Å². The Morgan fingerprint density at radius 1 is 1.43 bits per heavy atom. The van der Waals surface area contributed by atoms with Crippen LogP contribution in [0.4, 0.5) is 0 Å². The summed E-state index contributed by atoms with van der Waals surface area (Å²) >= 11 is 3.43. The summed E-state index contributed by atoms with van der Waals surface area (Å²) < 4.78 is 2.85. The summed E-state index contributed by atoms with van der Waals surface area (Å²) in [5, 5.41) is 9.30. The average molecular weight is 355 g/mol. The summed E-state index contributed by atoms with van der Waals surface area (Å²) in [6.07, 6.45) is 5.20. The lowest BCUT2D eigenvalue weighted by Gasteiger charge is -2.23. The highest BCUT2D eigenvalue weighted by Gasteiger charge is 2.51. The number of rotatable bonds is 4. The molecule has 0 aliphatic carbocycles. The fraction of sp³-hybridized carbons (Fsp3) is 0.600. The third kappa shape index (κ3) is 2.39. The molecule has 6 heteroatoms. The Kier molecular flexibility index (Phi) is 3.82. The van der Waals surface area contributed by atoms with Gasteiger partial charge in [-0.2, -0.15) is 0 Å². The Labute approximate surface area is 132 Å².